The van der Waals surface area contributed by atoms with Crippen LogP contribution < -0.4 is 0 Å². The van der Waals surface area contributed by atoms with Crippen LogP contribution in [0.2, 0.25) is 0 Å². The largest absolute Gasteiger partial charge is 0.436 e. The molecule has 0 aliphatic carbocycles. The van der Waals surface area contributed by atoms with Gasteiger partial charge >= 0.3 is 8.02 Å². The first-order chi connectivity index (χ1) is 5.26. The van der Waals surface area contributed by atoms with Gasteiger partial charge in [-0.15, -0.1) is 9.34 Å². The van der Waals surface area contributed by atoms with Crippen LogP contribution in [0.25, 0.3) is 0 Å². The van der Waals surface area contributed by atoms with Crippen molar-refractivity contribution in [3.8, 4) is 0 Å². The highest BCUT2D eigenvalue weighted by atomic mass is 31.2. The number of hydrogen-bond donors (Lipinski definition) is 0. The van der Waals surface area contributed by atoms with Crippen LogP contribution in [-0.2, 0) is 9.05 Å². The summed E-state index contributed by atoms with van der Waals surface area (Å²) in [7, 11) is 2.43. The van der Waals surface area contributed by atoms with Crippen LogP contribution in [0.15, 0.2) is 0 Å². The second kappa shape index (κ2) is 2.64. The fraction of sp³-hybridized carbons (Fsp3) is 1.00. The van der Waals surface area contributed by atoms with E-state index in [1.807, 2.05) is 0 Å². The summed E-state index contributed by atoms with van der Waals surface area (Å²) in [6, 6.07) is 0. The second-order valence-corrected chi connectivity index (χ2v) is 5.78. The van der Waals surface area contributed by atoms with Crippen LogP contribution in [0.4, 0.5) is 0 Å². The lowest BCUT2D eigenvalue weighted by molar-refractivity contribution is 0.274. The summed E-state index contributed by atoms with van der Waals surface area (Å²) in [6.45, 7) is 3.62. The van der Waals surface area contributed by atoms with Gasteiger partial charge in [-0.2, -0.15) is 9.05 Å². The summed E-state index contributed by atoms with van der Waals surface area (Å²) in [4.78, 5) is 0. The van der Waals surface area contributed by atoms with Gasteiger partial charge < -0.3 is 0 Å². The van der Waals surface area contributed by atoms with Crippen LogP contribution in [-0.4, -0.2) is 49.7 Å². The molecule has 2 aliphatic heterocycles. The Balaban J connectivity index is 2.19. The second-order valence-electron chi connectivity index (χ2n) is 2.92. The maximum atomic E-state index is 5.67. The van der Waals surface area contributed by atoms with Crippen molar-refractivity contribution in [3.05, 3.63) is 0 Å². The molecule has 0 unspecified atom stereocenters. The van der Waals surface area contributed by atoms with Crippen LogP contribution in [0.3, 0.4) is 0 Å². The predicted octanol–water partition coefficient (Wildman–Crippen LogP) is 0.588. The quantitative estimate of drug-likeness (QED) is 0.505. The smallest absolute Gasteiger partial charge is 0.171 e. The van der Waals surface area contributed by atoms with Crippen molar-refractivity contribution in [3.63, 3.8) is 0 Å². The minimum Gasteiger partial charge on any atom is -0.171 e. The van der Waals surface area contributed by atoms with E-state index in [-0.39, 0.29) is 0 Å². The molecule has 2 heterocycles. The van der Waals surface area contributed by atoms with Gasteiger partial charge in [0.05, 0.1) is 13.1 Å². The molecule has 2 fully saturated rings. The fourth-order valence-electron chi connectivity index (χ4n) is 1.53. The summed E-state index contributed by atoms with van der Waals surface area (Å²) in [5, 5.41) is 0. The monoisotopic (exact) mass is 177 g/mol. The lowest BCUT2D eigenvalue weighted by atomic mass is 10.7. The van der Waals surface area contributed by atoms with Crippen molar-refractivity contribution < 1.29 is 9.05 Å². The predicted molar refractivity (Wildman–Crippen MR) is 44.1 cm³/mol. The van der Waals surface area contributed by atoms with E-state index in [1.165, 1.54) is 0 Å². The number of likely N-dealkylation sites (N-methyl/N-ethyl adjacent to an activating group) is 2. The molecular formula is C6H14N2O2P+. The highest BCUT2D eigenvalue weighted by Gasteiger charge is 2.60. The van der Waals surface area contributed by atoms with Crippen molar-refractivity contribution >= 4 is 8.02 Å². The Morgan fingerprint density at radius 1 is 1.00 bits per heavy atom. The molecule has 0 aromatic rings. The molecule has 2 rings (SSSR count). The topological polar surface area (TPSA) is 24.9 Å². The summed E-state index contributed by atoms with van der Waals surface area (Å²) in [5.41, 5.74) is 0. The normalized spacial score (nSPS) is 32.2. The molecule has 64 valence electrons. The van der Waals surface area contributed by atoms with E-state index in [2.05, 4.69) is 23.4 Å². The Morgan fingerprint density at radius 3 is 1.73 bits per heavy atom. The molecular weight excluding hydrogens is 163 g/mol. The Bertz CT molecular complexity index is 149. The zero-order valence-electron chi connectivity index (χ0n) is 6.99. The molecule has 1 spiro atoms. The maximum absolute atomic E-state index is 5.67. The molecule has 0 aromatic heterocycles. The van der Waals surface area contributed by atoms with E-state index in [4.69, 9.17) is 9.05 Å². The molecule has 11 heavy (non-hydrogen) atoms. The third kappa shape index (κ3) is 1.02. The summed E-state index contributed by atoms with van der Waals surface area (Å²) in [6.07, 6.45) is 0. The molecule has 2 aliphatic rings. The summed E-state index contributed by atoms with van der Waals surface area (Å²) >= 11 is 0. The van der Waals surface area contributed by atoms with Crippen molar-refractivity contribution in [2.24, 2.45) is 0 Å². The van der Waals surface area contributed by atoms with Crippen molar-refractivity contribution in [2.45, 2.75) is 0 Å². The summed E-state index contributed by atoms with van der Waals surface area (Å²) in [5.74, 6) is 0. The SMILES string of the molecule is CN1CCO[P+]12OCCN2C. The minimum absolute atomic E-state index is 0.814. The zero-order valence-corrected chi connectivity index (χ0v) is 7.88. The Labute approximate surface area is 67.7 Å². The average Bonchev–Trinajstić information content (AvgIpc) is 2.48. The van der Waals surface area contributed by atoms with Gasteiger partial charge in [-0.3, -0.25) is 0 Å². The average molecular weight is 177 g/mol. The molecule has 0 aromatic carbocycles. The fourth-order valence-corrected chi connectivity index (χ4v) is 4.22. The highest BCUT2D eigenvalue weighted by molar-refractivity contribution is 7.62. The van der Waals surface area contributed by atoms with Crippen LogP contribution in [0.1, 0.15) is 0 Å². The number of nitrogens with zero attached hydrogens (tertiary/aromatic N) is 2. The van der Waals surface area contributed by atoms with E-state index in [1.54, 1.807) is 0 Å². The highest BCUT2D eigenvalue weighted by Crippen LogP contribution is 2.70. The first-order valence-corrected chi connectivity index (χ1v) is 5.40. The Hall–Kier alpha value is 0.270. The van der Waals surface area contributed by atoms with E-state index < -0.39 is 8.02 Å². The maximum Gasteiger partial charge on any atom is 0.436 e. The van der Waals surface area contributed by atoms with Crippen molar-refractivity contribution in [1.82, 2.24) is 9.34 Å². The van der Waals surface area contributed by atoms with E-state index in [9.17, 15) is 0 Å². The van der Waals surface area contributed by atoms with E-state index >= 15 is 0 Å². The molecule has 0 saturated carbocycles. The number of rotatable bonds is 0. The third-order valence-corrected chi connectivity index (χ3v) is 5.38. The van der Waals surface area contributed by atoms with Gasteiger partial charge in [-0.1, -0.05) is 0 Å². The van der Waals surface area contributed by atoms with E-state index in [0.717, 1.165) is 26.3 Å². The first-order valence-electron chi connectivity index (χ1n) is 3.87. The van der Waals surface area contributed by atoms with Crippen molar-refractivity contribution in [2.75, 3.05) is 40.4 Å². The van der Waals surface area contributed by atoms with Gasteiger partial charge in [0.2, 0.25) is 0 Å². The van der Waals surface area contributed by atoms with Crippen molar-refractivity contribution in [1.29, 1.82) is 0 Å². The molecule has 4 nitrogen and oxygen atoms in total. The Morgan fingerprint density at radius 2 is 1.45 bits per heavy atom. The molecule has 0 atom stereocenters. The molecule has 0 bridgehead atoms. The molecule has 0 radical (unpaired) electrons. The van der Waals surface area contributed by atoms with Gasteiger partial charge in [0.1, 0.15) is 13.2 Å². The van der Waals surface area contributed by atoms with Gasteiger partial charge in [0.15, 0.2) is 0 Å². The molecule has 0 amide bonds. The van der Waals surface area contributed by atoms with Gasteiger partial charge in [-0.25, -0.2) is 0 Å². The Kier molecular flexibility index (Phi) is 1.90. The van der Waals surface area contributed by atoms with E-state index in [0.29, 0.717) is 0 Å². The van der Waals surface area contributed by atoms with Gasteiger partial charge in [0.25, 0.3) is 0 Å². The first kappa shape index (κ1) is 7.90. The van der Waals surface area contributed by atoms with Crippen LogP contribution in [0.5, 0.6) is 0 Å². The zero-order chi connectivity index (χ0) is 7.90. The minimum atomic E-state index is -1.71. The molecule has 2 saturated heterocycles. The molecule has 5 heteroatoms. The van der Waals surface area contributed by atoms with Crippen LogP contribution >= 0.6 is 8.02 Å². The standard InChI is InChI=1S/C6H14N2O2P/c1-7-3-5-9-11(7)8(2)4-6-10-11/h3-6H2,1-2H3/q+1. The van der Waals surface area contributed by atoms with Gasteiger partial charge in [0, 0.05) is 14.1 Å². The third-order valence-electron chi connectivity index (χ3n) is 2.21. The van der Waals surface area contributed by atoms with Crippen LogP contribution in [0, 0.1) is 0 Å². The molecule has 0 N–H and O–H groups in total. The summed E-state index contributed by atoms with van der Waals surface area (Å²) < 4.78 is 15.8. The van der Waals surface area contributed by atoms with Gasteiger partial charge in [-0.05, 0) is 0 Å². The lowest BCUT2D eigenvalue weighted by Gasteiger charge is -2.21. The lowest BCUT2D eigenvalue weighted by Crippen LogP contribution is -2.23. The number of hydrogen-bond acceptors (Lipinski definition) is 4.